The van der Waals surface area contributed by atoms with Crippen LogP contribution in [0.4, 0.5) is 0 Å². The van der Waals surface area contributed by atoms with E-state index in [1.807, 2.05) is 26.0 Å². The van der Waals surface area contributed by atoms with Crippen LogP contribution in [0.2, 0.25) is 5.02 Å². The minimum atomic E-state index is 0.678. The smallest absolute Gasteiger partial charge is 0.123 e. The van der Waals surface area contributed by atoms with Gasteiger partial charge in [0.15, 0.2) is 0 Å². The van der Waals surface area contributed by atoms with Gasteiger partial charge in [0, 0.05) is 9.64 Å². The Hall–Kier alpha value is 0.0400. The molecule has 0 unspecified atom stereocenters. The molecule has 1 aromatic rings. The largest absolute Gasteiger partial charge is 0.494 e. The fourth-order valence-corrected chi connectivity index (χ4v) is 1.72. The van der Waals surface area contributed by atoms with Crippen molar-refractivity contribution in [1.82, 2.24) is 0 Å². The highest BCUT2D eigenvalue weighted by molar-refractivity contribution is 14.1. The van der Waals surface area contributed by atoms with E-state index in [0.717, 1.165) is 19.9 Å². The number of hydrogen-bond donors (Lipinski definition) is 0. The zero-order valence-corrected chi connectivity index (χ0v) is 9.94. The van der Waals surface area contributed by atoms with Crippen molar-refractivity contribution in [2.45, 2.75) is 13.8 Å². The molecule has 0 aliphatic carbocycles. The van der Waals surface area contributed by atoms with Gasteiger partial charge in [-0.25, -0.2) is 0 Å². The van der Waals surface area contributed by atoms with Crippen LogP contribution in [-0.2, 0) is 0 Å². The summed E-state index contributed by atoms with van der Waals surface area (Å²) < 4.78 is 6.45. The van der Waals surface area contributed by atoms with Gasteiger partial charge in [-0.15, -0.1) is 0 Å². The fraction of sp³-hybridized carbons (Fsp3) is 0.333. The van der Waals surface area contributed by atoms with E-state index >= 15 is 0 Å². The number of hydrogen-bond acceptors (Lipinski definition) is 1. The zero-order valence-electron chi connectivity index (χ0n) is 7.03. The van der Waals surface area contributed by atoms with E-state index in [2.05, 4.69) is 22.6 Å². The molecule has 0 spiro atoms. The van der Waals surface area contributed by atoms with Gasteiger partial charge in [-0.3, -0.25) is 0 Å². The molecule has 0 N–H and O–H groups in total. The van der Waals surface area contributed by atoms with Crippen LogP contribution in [0, 0.1) is 10.5 Å². The second-order valence-corrected chi connectivity index (χ2v) is 4.03. The average Bonchev–Trinajstić information content (AvgIpc) is 2.01. The molecule has 0 heterocycles. The first-order valence-electron chi connectivity index (χ1n) is 3.73. The van der Waals surface area contributed by atoms with E-state index in [0.29, 0.717) is 6.61 Å². The molecule has 0 aliphatic rings. The Bertz CT molecular complexity index is 286. The van der Waals surface area contributed by atoms with Gasteiger partial charge in [0.25, 0.3) is 0 Å². The zero-order chi connectivity index (χ0) is 9.14. The molecule has 0 bridgehead atoms. The van der Waals surface area contributed by atoms with Crippen molar-refractivity contribution in [3.63, 3.8) is 0 Å². The summed E-state index contributed by atoms with van der Waals surface area (Å²) in [6.45, 7) is 4.66. The van der Waals surface area contributed by atoms with Gasteiger partial charge >= 0.3 is 0 Å². The highest BCUT2D eigenvalue weighted by Crippen LogP contribution is 2.27. The Balaban J connectivity index is 3.05. The molecule has 12 heavy (non-hydrogen) atoms. The summed E-state index contributed by atoms with van der Waals surface area (Å²) in [5, 5.41) is 0.754. The third-order valence-corrected chi connectivity index (χ3v) is 3.04. The molecule has 0 aliphatic heterocycles. The molecule has 1 aromatic carbocycles. The van der Waals surface area contributed by atoms with E-state index in [9.17, 15) is 0 Å². The number of benzene rings is 1. The number of aryl methyl sites for hydroxylation is 1. The van der Waals surface area contributed by atoms with Crippen molar-refractivity contribution in [2.75, 3.05) is 6.61 Å². The van der Waals surface area contributed by atoms with Crippen LogP contribution in [0.25, 0.3) is 0 Å². The summed E-state index contributed by atoms with van der Waals surface area (Å²) in [5.41, 5.74) is 1.13. The van der Waals surface area contributed by atoms with Gasteiger partial charge < -0.3 is 4.74 Å². The van der Waals surface area contributed by atoms with Gasteiger partial charge in [-0.2, -0.15) is 0 Å². The highest BCUT2D eigenvalue weighted by atomic mass is 127. The summed E-state index contributed by atoms with van der Waals surface area (Å²) in [5.74, 6) is 0.878. The Kier molecular flexibility index (Phi) is 3.65. The van der Waals surface area contributed by atoms with E-state index in [1.54, 1.807) is 0 Å². The molecular weight excluding hydrogens is 286 g/mol. The van der Waals surface area contributed by atoms with Crippen LogP contribution in [0.3, 0.4) is 0 Å². The molecule has 1 rings (SSSR count). The quantitative estimate of drug-likeness (QED) is 0.757. The van der Waals surface area contributed by atoms with Crippen LogP contribution in [0.1, 0.15) is 12.5 Å². The van der Waals surface area contributed by atoms with E-state index < -0.39 is 0 Å². The Morgan fingerprint density at radius 3 is 2.75 bits per heavy atom. The Labute approximate surface area is 91.2 Å². The van der Waals surface area contributed by atoms with Crippen molar-refractivity contribution in [2.24, 2.45) is 0 Å². The van der Waals surface area contributed by atoms with Crippen LogP contribution >= 0.6 is 34.2 Å². The van der Waals surface area contributed by atoms with Crippen LogP contribution in [0.15, 0.2) is 12.1 Å². The molecule has 66 valence electrons. The molecule has 0 fully saturated rings. The molecule has 1 nitrogen and oxygen atoms in total. The van der Waals surface area contributed by atoms with Crippen molar-refractivity contribution in [1.29, 1.82) is 0 Å². The molecule has 0 atom stereocenters. The van der Waals surface area contributed by atoms with Gasteiger partial charge in [0.05, 0.1) is 11.6 Å². The van der Waals surface area contributed by atoms with Crippen LogP contribution < -0.4 is 4.74 Å². The highest BCUT2D eigenvalue weighted by Gasteiger charge is 2.03. The minimum absolute atomic E-state index is 0.678. The van der Waals surface area contributed by atoms with Crippen LogP contribution in [-0.4, -0.2) is 6.61 Å². The van der Waals surface area contributed by atoms with Gasteiger partial charge in [-0.1, -0.05) is 11.6 Å². The summed E-state index contributed by atoms with van der Waals surface area (Å²) in [4.78, 5) is 0. The second kappa shape index (κ2) is 4.33. The monoisotopic (exact) mass is 296 g/mol. The second-order valence-electron chi connectivity index (χ2n) is 2.46. The van der Waals surface area contributed by atoms with Crippen LogP contribution in [0.5, 0.6) is 5.75 Å². The maximum absolute atomic E-state index is 5.93. The third-order valence-electron chi connectivity index (χ3n) is 1.52. The summed E-state index contributed by atoms with van der Waals surface area (Å²) in [7, 11) is 0. The van der Waals surface area contributed by atoms with Crippen molar-refractivity contribution >= 4 is 34.2 Å². The van der Waals surface area contributed by atoms with E-state index in [1.165, 1.54) is 0 Å². The SMILES string of the molecule is CCOc1cc(Cl)c(I)cc1C. The molecular formula is C9H10ClIO. The predicted octanol–water partition coefficient (Wildman–Crippen LogP) is 3.65. The molecule has 0 amide bonds. The lowest BCUT2D eigenvalue weighted by atomic mass is 10.2. The molecule has 3 heteroatoms. The summed E-state index contributed by atoms with van der Waals surface area (Å²) in [6, 6.07) is 3.88. The van der Waals surface area contributed by atoms with E-state index in [4.69, 9.17) is 16.3 Å². The molecule has 0 saturated carbocycles. The van der Waals surface area contributed by atoms with Gasteiger partial charge in [-0.05, 0) is 48.1 Å². The molecule has 0 radical (unpaired) electrons. The predicted molar refractivity (Wildman–Crippen MR) is 60.1 cm³/mol. The normalized spacial score (nSPS) is 10.0. The molecule has 0 saturated heterocycles. The Morgan fingerprint density at radius 2 is 2.17 bits per heavy atom. The average molecular weight is 297 g/mol. The number of halogens is 2. The first-order chi connectivity index (χ1) is 5.65. The standard InChI is InChI=1S/C9H10ClIO/c1-3-12-9-5-7(10)8(11)4-6(9)2/h4-5H,3H2,1-2H3. The van der Waals surface area contributed by atoms with Crippen molar-refractivity contribution in [3.8, 4) is 5.75 Å². The minimum Gasteiger partial charge on any atom is -0.494 e. The lowest BCUT2D eigenvalue weighted by Crippen LogP contribution is -1.94. The number of ether oxygens (including phenoxy) is 1. The van der Waals surface area contributed by atoms with Crippen molar-refractivity contribution < 1.29 is 4.74 Å². The summed E-state index contributed by atoms with van der Waals surface area (Å²) in [6.07, 6.45) is 0. The maximum atomic E-state index is 5.93. The van der Waals surface area contributed by atoms with Gasteiger partial charge in [0.1, 0.15) is 5.75 Å². The topological polar surface area (TPSA) is 9.23 Å². The van der Waals surface area contributed by atoms with E-state index in [-0.39, 0.29) is 0 Å². The first kappa shape index (κ1) is 10.1. The van der Waals surface area contributed by atoms with Gasteiger partial charge in [0.2, 0.25) is 0 Å². The maximum Gasteiger partial charge on any atom is 0.123 e. The summed E-state index contributed by atoms with van der Waals surface area (Å²) >= 11 is 8.14. The van der Waals surface area contributed by atoms with Crippen molar-refractivity contribution in [3.05, 3.63) is 26.3 Å². The fourth-order valence-electron chi connectivity index (χ4n) is 0.939. The lowest BCUT2D eigenvalue weighted by molar-refractivity contribution is 0.338. The lowest BCUT2D eigenvalue weighted by Gasteiger charge is -2.07. The number of rotatable bonds is 2. The molecule has 0 aromatic heterocycles. The Morgan fingerprint density at radius 1 is 1.50 bits per heavy atom. The third kappa shape index (κ3) is 2.26. The first-order valence-corrected chi connectivity index (χ1v) is 5.19.